The van der Waals surface area contributed by atoms with Gasteiger partial charge in [0.2, 0.25) is 6.29 Å². The van der Waals surface area contributed by atoms with Crippen molar-refractivity contribution < 1.29 is 47.4 Å². The maximum absolute atomic E-state index is 11.5. The molecule has 1 fully saturated rings. The highest BCUT2D eigenvalue weighted by molar-refractivity contribution is 5.69. The van der Waals surface area contributed by atoms with Gasteiger partial charge in [-0.1, -0.05) is 133 Å². The van der Waals surface area contributed by atoms with Crippen LogP contribution in [0.3, 0.4) is 0 Å². The Balaban J connectivity index is 1.13. The third-order valence-electron chi connectivity index (χ3n) is 10.9. The number of benzene rings is 6. The van der Waals surface area contributed by atoms with Crippen molar-refractivity contribution in [1.82, 2.24) is 0 Å². The molecule has 6 aromatic carbocycles. The van der Waals surface area contributed by atoms with Crippen LogP contribution >= 0.6 is 0 Å². The summed E-state index contributed by atoms with van der Waals surface area (Å²) in [5.41, 5.74) is 5.89. The number of carbonyl (C=O) groups is 1. The van der Waals surface area contributed by atoms with Gasteiger partial charge in [-0.3, -0.25) is 4.79 Å². The topological polar surface area (TPSA) is 100 Å². The molecule has 2 aliphatic heterocycles. The molecule has 1 unspecified atom stereocenters. The maximum Gasteiger partial charge on any atom is 0.308 e. The summed E-state index contributed by atoms with van der Waals surface area (Å²) in [6, 6.07) is 51.3. The van der Waals surface area contributed by atoms with Crippen molar-refractivity contribution >= 4 is 5.97 Å². The lowest BCUT2D eigenvalue weighted by Crippen LogP contribution is -2.62. The minimum atomic E-state index is -0.968. The lowest BCUT2D eigenvalue weighted by atomic mass is 9.96. The van der Waals surface area contributed by atoms with Crippen LogP contribution in [0.1, 0.15) is 52.8 Å². The normalized spacial score (nSPS) is 20.7. The second-order valence-corrected chi connectivity index (χ2v) is 15.4. The lowest BCUT2D eigenvalue weighted by molar-refractivity contribution is -0.310. The zero-order chi connectivity index (χ0) is 42.5. The number of carbonyl (C=O) groups excluding carboxylic acids is 1. The van der Waals surface area contributed by atoms with Crippen LogP contribution in [0.15, 0.2) is 158 Å². The Kier molecular flexibility index (Phi) is 14.6. The van der Waals surface area contributed by atoms with Crippen LogP contribution < -0.4 is 18.9 Å². The van der Waals surface area contributed by atoms with Crippen LogP contribution in [0.2, 0.25) is 0 Å². The Hall–Kier alpha value is -6.01. The zero-order valence-electron chi connectivity index (χ0n) is 35.0. The summed E-state index contributed by atoms with van der Waals surface area (Å²) in [6.45, 7) is 2.86. The fourth-order valence-corrected chi connectivity index (χ4v) is 7.78. The third kappa shape index (κ3) is 11.3. The van der Waals surface area contributed by atoms with Gasteiger partial charge in [-0.25, -0.2) is 0 Å². The molecule has 2 heterocycles. The van der Waals surface area contributed by atoms with Crippen molar-refractivity contribution in [3.05, 3.63) is 191 Å². The summed E-state index contributed by atoms with van der Waals surface area (Å²) < 4.78 is 58.8. The SMILES string of the molecule is COc1cc2c(c(O[C@H]3O[C@H](COCc4ccccc4)[C@@H](OCc4ccccc4)[C@H](OCc4ccccc4)[C@H]3OCc3ccccc3)c1)CCC(c1ccc(OC(C)=O)cc1)O2. The van der Waals surface area contributed by atoms with E-state index in [9.17, 15) is 4.79 Å². The Bertz CT molecular complexity index is 2290. The van der Waals surface area contributed by atoms with Crippen LogP contribution in [-0.4, -0.2) is 50.4 Å². The smallest absolute Gasteiger partial charge is 0.308 e. The predicted molar refractivity (Wildman–Crippen MR) is 233 cm³/mol. The van der Waals surface area contributed by atoms with E-state index < -0.39 is 30.7 Å². The Morgan fingerprint density at radius 1 is 0.613 bits per heavy atom. The number of ether oxygens (including phenoxy) is 9. The van der Waals surface area contributed by atoms with Crippen molar-refractivity contribution in [3.8, 4) is 23.0 Å². The molecule has 1 saturated heterocycles. The molecule has 8 rings (SSSR count). The van der Waals surface area contributed by atoms with Gasteiger partial charge >= 0.3 is 5.97 Å². The largest absolute Gasteiger partial charge is 0.496 e. The summed E-state index contributed by atoms with van der Waals surface area (Å²) in [5.74, 6) is 1.86. The third-order valence-corrected chi connectivity index (χ3v) is 10.9. The van der Waals surface area contributed by atoms with E-state index in [0.717, 1.165) is 33.4 Å². The van der Waals surface area contributed by atoms with Gasteiger partial charge in [0.25, 0.3) is 0 Å². The van der Waals surface area contributed by atoms with Gasteiger partial charge in [0.15, 0.2) is 0 Å². The van der Waals surface area contributed by atoms with Crippen molar-refractivity contribution in [3.63, 3.8) is 0 Å². The molecule has 0 spiro atoms. The van der Waals surface area contributed by atoms with Gasteiger partial charge in [0, 0.05) is 24.6 Å². The highest BCUT2D eigenvalue weighted by Gasteiger charge is 2.50. The van der Waals surface area contributed by atoms with Crippen molar-refractivity contribution in [2.75, 3.05) is 13.7 Å². The van der Waals surface area contributed by atoms with Gasteiger partial charge < -0.3 is 42.6 Å². The molecule has 10 nitrogen and oxygen atoms in total. The van der Waals surface area contributed by atoms with E-state index >= 15 is 0 Å². The average Bonchev–Trinajstić information content (AvgIpc) is 3.31. The van der Waals surface area contributed by atoms with Gasteiger partial charge in [0.1, 0.15) is 53.5 Å². The van der Waals surface area contributed by atoms with Crippen LogP contribution in [-0.2, 0) is 61.3 Å². The van der Waals surface area contributed by atoms with E-state index in [-0.39, 0.29) is 25.3 Å². The molecule has 6 aromatic rings. The van der Waals surface area contributed by atoms with Crippen LogP contribution in [0, 0.1) is 0 Å². The molecule has 0 aromatic heterocycles. The van der Waals surface area contributed by atoms with E-state index in [0.29, 0.717) is 55.7 Å². The monoisotopic (exact) mass is 836 g/mol. The van der Waals surface area contributed by atoms with Crippen molar-refractivity contribution in [1.29, 1.82) is 0 Å². The Labute approximate surface area is 363 Å². The molecule has 0 N–H and O–H groups in total. The first-order valence-electron chi connectivity index (χ1n) is 21.1. The van der Waals surface area contributed by atoms with E-state index in [2.05, 4.69) is 0 Å². The summed E-state index contributed by atoms with van der Waals surface area (Å²) in [7, 11) is 1.62. The molecule has 0 saturated carbocycles. The number of hydrogen-bond acceptors (Lipinski definition) is 10. The molecule has 2 aliphatic rings. The molecule has 0 aliphatic carbocycles. The highest BCUT2D eigenvalue weighted by atomic mass is 16.7. The van der Waals surface area contributed by atoms with E-state index in [4.69, 9.17) is 42.6 Å². The van der Waals surface area contributed by atoms with Gasteiger partial charge in [-0.05, 0) is 52.8 Å². The van der Waals surface area contributed by atoms with Crippen molar-refractivity contribution in [2.24, 2.45) is 0 Å². The number of methoxy groups -OCH3 is 1. The quantitative estimate of drug-likeness (QED) is 0.0615. The van der Waals surface area contributed by atoms with Crippen LogP contribution in [0.4, 0.5) is 0 Å². The molecule has 0 bridgehead atoms. The molecule has 0 radical (unpaired) electrons. The van der Waals surface area contributed by atoms with Gasteiger partial charge in [-0.15, -0.1) is 0 Å². The number of rotatable bonds is 18. The fourth-order valence-electron chi connectivity index (χ4n) is 7.78. The van der Waals surface area contributed by atoms with E-state index in [1.807, 2.05) is 146 Å². The Morgan fingerprint density at radius 2 is 1.15 bits per heavy atom. The first-order valence-corrected chi connectivity index (χ1v) is 21.1. The summed E-state index contributed by atoms with van der Waals surface area (Å²) >= 11 is 0. The summed E-state index contributed by atoms with van der Waals surface area (Å²) in [5, 5.41) is 0. The summed E-state index contributed by atoms with van der Waals surface area (Å²) in [4.78, 5) is 11.5. The molecular weight excluding hydrogens is 785 g/mol. The number of esters is 1. The van der Waals surface area contributed by atoms with Gasteiger partial charge in [0.05, 0.1) is 40.1 Å². The fraction of sp³-hybridized carbons (Fsp3) is 0.288. The second-order valence-electron chi connectivity index (χ2n) is 15.4. The van der Waals surface area contributed by atoms with Gasteiger partial charge in [-0.2, -0.15) is 0 Å². The van der Waals surface area contributed by atoms with E-state index in [1.165, 1.54) is 6.92 Å². The molecule has 0 amide bonds. The minimum absolute atomic E-state index is 0.196. The van der Waals surface area contributed by atoms with Crippen molar-refractivity contribution in [2.45, 2.75) is 83.0 Å². The summed E-state index contributed by atoms with van der Waals surface area (Å²) in [6.07, 6.45) is -2.56. The molecule has 62 heavy (non-hydrogen) atoms. The standard InChI is InChI=1S/C52H52O10/c1-36(53)59-42-25-23-41(24-26-42)45-28-27-44-46(60-45)29-43(54-2)30-47(44)61-52-51(58-34-40-21-13-6-14-22-40)50(57-33-39-19-11-5-12-20-39)49(56-32-38-17-9-4-10-18-38)48(62-52)35-55-31-37-15-7-3-8-16-37/h3-26,29-30,45,48-52H,27-28,31-35H2,1-2H3/t45?,48-,49-,50+,51-,52+/m1/s1. The average molecular weight is 837 g/mol. The molecule has 320 valence electrons. The molecular formula is C52H52O10. The first-order chi connectivity index (χ1) is 30.5. The lowest BCUT2D eigenvalue weighted by Gasteiger charge is -2.46. The number of hydrogen-bond donors (Lipinski definition) is 0. The predicted octanol–water partition coefficient (Wildman–Crippen LogP) is 9.76. The highest BCUT2D eigenvalue weighted by Crippen LogP contribution is 2.44. The maximum atomic E-state index is 11.5. The molecule has 10 heteroatoms. The Morgan fingerprint density at radius 3 is 1.69 bits per heavy atom. The molecule has 6 atom stereocenters. The second kappa shape index (κ2) is 21.2. The first kappa shape index (κ1) is 42.7. The minimum Gasteiger partial charge on any atom is -0.496 e. The van der Waals surface area contributed by atoms with Crippen LogP contribution in [0.5, 0.6) is 23.0 Å². The number of fused-ring (bicyclic) bond motifs is 1. The zero-order valence-corrected chi connectivity index (χ0v) is 35.0. The van der Waals surface area contributed by atoms with E-state index in [1.54, 1.807) is 19.2 Å². The van der Waals surface area contributed by atoms with Crippen LogP contribution in [0.25, 0.3) is 0 Å².